The van der Waals surface area contributed by atoms with Gasteiger partial charge in [-0.1, -0.05) is 41.9 Å². The van der Waals surface area contributed by atoms with E-state index in [0.29, 0.717) is 29.6 Å². The van der Waals surface area contributed by atoms with Gasteiger partial charge in [0.1, 0.15) is 11.6 Å². The lowest BCUT2D eigenvalue weighted by Crippen LogP contribution is -2.39. The Labute approximate surface area is 195 Å². The van der Waals surface area contributed by atoms with Crippen molar-refractivity contribution in [1.82, 2.24) is 4.90 Å². The number of benzene rings is 3. The second kappa shape index (κ2) is 9.85. The van der Waals surface area contributed by atoms with Gasteiger partial charge in [-0.2, -0.15) is 0 Å². The van der Waals surface area contributed by atoms with Gasteiger partial charge < -0.3 is 14.4 Å². The highest BCUT2D eigenvalue weighted by atomic mass is 35.5. The molecule has 1 atom stereocenters. The van der Waals surface area contributed by atoms with E-state index in [1.54, 1.807) is 25.3 Å². The van der Waals surface area contributed by atoms with E-state index in [2.05, 4.69) is 9.64 Å². The number of methoxy groups -OCH3 is 1. The third-order valence-corrected chi connectivity index (χ3v) is 5.54. The van der Waals surface area contributed by atoms with Crippen molar-refractivity contribution in [3.63, 3.8) is 0 Å². The van der Waals surface area contributed by atoms with Gasteiger partial charge >= 0.3 is 6.36 Å². The number of hydrogen-bond donors (Lipinski definition) is 0. The predicted octanol–water partition coefficient (Wildman–Crippen LogP) is 6.76. The van der Waals surface area contributed by atoms with Crippen LogP contribution in [0.5, 0.6) is 5.75 Å². The smallest absolute Gasteiger partial charge is 0.406 e. The summed E-state index contributed by atoms with van der Waals surface area (Å²) < 4.78 is 47.1. The molecule has 8 heteroatoms. The number of aliphatic imine (C=N–C) groups is 1. The molecule has 0 radical (unpaired) electrons. The highest BCUT2D eigenvalue weighted by Gasteiger charge is 2.33. The number of alkyl halides is 3. The number of rotatable bonds is 7. The van der Waals surface area contributed by atoms with Crippen LogP contribution in [0.1, 0.15) is 29.2 Å². The Morgan fingerprint density at radius 1 is 1.00 bits per heavy atom. The van der Waals surface area contributed by atoms with Crippen LogP contribution < -0.4 is 4.74 Å². The van der Waals surface area contributed by atoms with Crippen LogP contribution in [0.3, 0.4) is 0 Å². The van der Waals surface area contributed by atoms with Gasteiger partial charge in [0.15, 0.2) is 0 Å². The highest BCUT2D eigenvalue weighted by molar-refractivity contribution is 6.30. The Hall–Kier alpha value is -3.03. The molecule has 1 aliphatic rings. The molecule has 0 aromatic heterocycles. The van der Waals surface area contributed by atoms with E-state index < -0.39 is 6.36 Å². The van der Waals surface area contributed by atoms with Crippen LogP contribution in [-0.4, -0.2) is 37.4 Å². The molecule has 3 aromatic rings. The zero-order valence-corrected chi connectivity index (χ0v) is 18.6. The number of nitrogens with zero attached hydrogens (tertiary/aromatic N) is 2. The lowest BCUT2D eigenvalue weighted by atomic mass is 9.92. The van der Waals surface area contributed by atoms with Crippen molar-refractivity contribution < 1.29 is 22.6 Å². The maximum Gasteiger partial charge on any atom is 0.573 e. The molecule has 172 valence electrons. The SMILES string of the molecule is COCCCN1C(c2ccc(OC(F)(F)F)cc2)=Nc2ccc(Cl)cc2C1c1ccccc1. The van der Waals surface area contributed by atoms with Gasteiger partial charge in [0.25, 0.3) is 0 Å². The van der Waals surface area contributed by atoms with Crippen LogP contribution >= 0.6 is 11.6 Å². The van der Waals surface area contributed by atoms with Crippen LogP contribution in [-0.2, 0) is 4.74 Å². The standard InChI is InChI=1S/C25H22ClF3N2O2/c1-32-15-5-14-31-23(17-6-3-2-4-7-17)21-16-19(26)10-13-22(21)30-24(31)18-8-11-20(12-9-18)33-25(27,28)29/h2-4,6-13,16,23H,5,14-15H2,1H3. The first-order valence-corrected chi connectivity index (χ1v) is 10.8. The molecule has 4 rings (SSSR count). The summed E-state index contributed by atoms with van der Waals surface area (Å²) in [6.07, 6.45) is -4.00. The Morgan fingerprint density at radius 2 is 1.73 bits per heavy atom. The van der Waals surface area contributed by atoms with Crippen molar-refractivity contribution >= 4 is 23.1 Å². The summed E-state index contributed by atoms with van der Waals surface area (Å²) in [7, 11) is 1.65. The van der Waals surface area contributed by atoms with E-state index >= 15 is 0 Å². The maximum absolute atomic E-state index is 12.6. The average molecular weight is 475 g/mol. The number of ether oxygens (including phenoxy) is 2. The molecule has 3 aromatic carbocycles. The Bertz CT molecular complexity index is 1120. The third kappa shape index (κ3) is 5.49. The molecule has 1 unspecified atom stereocenters. The van der Waals surface area contributed by atoms with Crippen LogP contribution in [0.25, 0.3) is 0 Å². The average Bonchev–Trinajstić information content (AvgIpc) is 2.79. The molecule has 0 aliphatic carbocycles. The lowest BCUT2D eigenvalue weighted by Gasteiger charge is -2.39. The Kier molecular flexibility index (Phi) is 6.91. The van der Waals surface area contributed by atoms with Crippen LogP contribution in [0.2, 0.25) is 5.02 Å². The van der Waals surface area contributed by atoms with Crippen molar-refractivity contribution in [2.24, 2.45) is 4.99 Å². The molecule has 1 heterocycles. The van der Waals surface area contributed by atoms with Crippen LogP contribution in [0, 0.1) is 0 Å². The zero-order valence-electron chi connectivity index (χ0n) is 17.8. The van der Waals surface area contributed by atoms with Crippen molar-refractivity contribution in [1.29, 1.82) is 0 Å². The molecule has 0 N–H and O–H groups in total. The van der Waals surface area contributed by atoms with Crippen LogP contribution in [0.4, 0.5) is 18.9 Å². The van der Waals surface area contributed by atoms with Gasteiger partial charge in [-0.3, -0.25) is 0 Å². The van der Waals surface area contributed by atoms with E-state index in [4.69, 9.17) is 21.3 Å². The summed E-state index contributed by atoms with van der Waals surface area (Å²) in [4.78, 5) is 7.02. The summed E-state index contributed by atoms with van der Waals surface area (Å²) in [5, 5.41) is 0.610. The van der Waals surface area contributed by atoms with Gasteiger partial charge in [0, 0.05) is 36.4 Å². The largest absolute Gasteiger partial charge is 0.573 e. The molecular weight excluding hydrogens is 453 g/mol. The molecule has 1 aliphatic heterocycles. The minimum Gasteiger partial charge on any atom is -0.406 e. The second-order valence-electron chi connectivity index (χ2n) is 7.56. The first-order valence-electron chi connectivity index (χ1n) is 10.4. The van der Waals surface area contributed by atoms with E-state index in [1.165, 1.54) is 12.1 Å². The monoisotopic (exact) mass is 474 g/mol. The van der Waals surface area contributed by atoms with E-state index in [9.17, 15) is 13.2 Å². The summed E-state index contributed by atoms with van der Waals surface area (Å²) in [5.41, 5.74) is 3.47. The fourth-order valence-electron chi connectivity index (χ4n) is 3.96. The first kappa shape index (κ1) is 23.1. The summed E-state index contributed by atoms with van der Waals surface area (Å²) >= 11 is 6.33. The molecule has 33 heavy (non-hydrogen) atoms. The Morgan fingerprint density at radius 3 is 2.39 bits per heavy atom. The first-order chi connectivity index (χ1) is 15.9. The molecule has 0 spiro atoms. The number of fused-ring (bicyclic) bond motifs is 1. The minimum atomic E-state index is -4.74. The third-order valence-electron chi connectivity index (χ3n) is 5.30. The zero-order chi connectivity index (χ0) is 23.4. The molecule has 0 fully saturated rings. The summed E-state index contributed by atoms with van der Waals surface area (Å²) in [5.74, 6) is 0.383. The van der Waals surface area contributed by atoms with Gasteiger partial charge in [-0.05, 0) is 54.4 Å². The molecule has 0 amide bonds. The second-order valence-corrected chi connectivity index (χ2v) is 8.00. The molecule has 0 saturated carbocycles. The number of hydrogen-bond acceptors (Lipinski definition) is 4. The Balaban J connectivity index is 1.80. The van der Waals surface area contributed by atoms with Crippen molar-refractivity contribution in [2.45, 2.75) is 18.8 Å². The minimum absolute atomic E-state index is 0.171. The van der Waals surface area contributed by atoms with Gasteiger partial charge in [-0.25, -0.2) is 4.99 Å². The number of amidine groups is 1. The quantitative estimate of drug-likeness (QED) is 0.355. The van der Waals surface area contributed by atoms with Crippen LogP contribution in [0.15, 0.2) is 77.8 Å². The van der Waals surface area contributed by atoms with Crippen molar-refractivity contribution in [3.8, 4) is 5.75 Å². The van der Waals surface area contributed by atoms with E-state index in [1.807, 2.05) is 42.5 Å². The topological polar surface area (TPSA) is 34.1 Å². The van der Waals surface area contributed by atoms with Gasteiger partial charge in [0.2, 0.25) is 0 Å². The van der Waals surface area contributed by atoms with E-state index in [-0.39, 0.29) is 11.8 Å². The van der Waals surface area contributed by atoms with Gasteiger partial charge in [0.05, 0.1) is 11.7 Å². The fraction of sp³-hybridized carbons (Fsp3) is 0.240. The molecule has 0 saturated heterocycles. The lowest BCUT2D eigenvalue weighted by molar-refractivity contribution is -0.274. The molecular formula is C25H22ClF3N2O2. The highest BCUT2D eigenvalue weighted by Crippen LogP contribution is 2.41. The normalized spacial score (nSPS) is 15.7. The maximum atomic E-state index is 12.6. The summed E-state index contributed by atoms with van der Waals surface area (Å²) in [6, 6.07) is 21.2. The van der Waals surface area contributed by atoms with Crippen molar-refractivity contribution in [2.75, 3.05) is 20.3 Å². The fourth-order valence-corrected chi connectivity index (χ4v) is 4.14. The van der Waals surface area contributed by atoms with Gasteiger partial charge in [-0.15, -0.1) is 13.2 Å². The van der Waals surface area contributed by atoms with E-state index in [0.717, 1.165) is 23.2 Å². The molecule has 4 nitrogen and oxygen atoms in total. The van der Waals surface area contributed by atoms with Crippen molar-refractivity contribution in [3.05, 3.63) is 94.5 Å². The predicted molar refractivity (Wildman–Crippen MR) is 122 cm³/mol. The number of halogens is 4. The molecule has 0 bridgehead atoms. The summed E-state index contributed by atoms with van der Waals surface area (Å²) in [6.45, 7) is 1.19.